The number of rotatable bonds is 5. The lowest BCUT2D eigenvalue weighted by molar-refractivity contribution is -0.137. The van der Waals surface area contributed by atoms with Crippen molar-refractivity contribution in [3.63, 3.8) is 0 Å². The maximum Gasteiger partial charge on any atom is 0.338 e. The second kappa shape index (κ2) is 8.24. The summed E-state index contributed by atoms with van der Waals surface area (Å²) in [6, 6.07) is 13.1. The first-order chi connectivity index (χ1) is 13.7. The molecule has 0 saturated heterocycles. The van der Waals surface area contributed by atoms with E-state index in [4.69, 9.17) is 4.74 Å². The predicted molar refractivity (Wildman–Crippen MR) is 109 cm³/mol. The molecule has 2 aromatic carbocycles. The van der Waals surface area contributed by atoms with Crippen molar-refractivity contribution in [2.24, 2.45) is 0 Å². The van der Waals surface area contributed by atoms with Crippen LogP contribution in [0.25, 0.3) is 0 Å². The molecule has 0 aromatic heterocycles. The number of sulfonamides is 1. The minimum atomic E-state index is -3.84. The van der Waals surface area contributed by atoms with Gasteiger partial charge in [-0.05, 0) is 49.6 Å². The smallest absolute Gasteiger partial charge is 0.338 e. The summed E-state index contributed by atoms with van der Waals surface area (Å²) in [5.41, 5.74) is 1.72. The van der Waals surface area contributed by atoms with Crippen LogP contribution in [-0.2, 0) is 26.0 Å². The van der Waals surface area contributed by atoms with Crippen molar-refractivity contribution in [2.75, 3.05) is 24.9 Å². The highest BCUT2D eigenvalue weighted by molar-refractivity contribution is 7.92. The molecule has 0 N–H and O–H groups in total. The standard InChI is InChI=1S/C21H24N2O5S/c1-15(20(24)22(2)3)28-21(25)17-9-6-11-18(14-17)29(26,27)23-13-7-10-16-8-4-5-12-19(16)23/h4-6,8-9,11-12,14-15H,7,10,13H2,1-3H3/t15-/m0/s1. The van der Waals surface area contributed by atoms with E-state index in [-0.39, 0.29) is 16.4 Å². The predicted octanol–water partition coefficient (Wildman–Crippen LogP) is 2.46. The number of ether oxygens (including phenoxy) is 1. The Hall–Kier alpha value is -2.87. The molecular weight excluding hydrogens is 392 g/mol. The fourth-order valence-corrected chi connectivity index (χ4v) is 4.89. The summed E-state index contributed by atoms with van der Waals surface area (Å²) in [5.74, 6) is -1.10. The number of hydrogen-bond donors (Lipinski definition) is 0. The average Bonchev–Trinajstić information content (AvgIpc) is 2.72. The van der Waals surface area contributed by atoms with E-state index in [9.17, 15) is 18.0 Å². The van der Waals surface area contributed by atoms with E-state index in [1.165, 1.54) is 40.4 Å². The Bertz CT molecular complexity index is 1030. The van der Waals surface area contributed by atoms with Gasteiger partial charge in [0.15, 0.2) is 6.10 Å². The normalized spacial score (nSPS) is 14.7. The number of para-hydroxylation sites is 1. The zero-order valence-corrected chi connectivity index (χ0v) is 17.5. The largest absolute Gasteiger partial charge is 0.449 e. The lowest BCUT2D eigenvalue weighted by Gasteiger charge is -2.30. The number of likely N-dealkylation sites (N-methyl/N-ethyl adjacent to an activating group) is 1. The second-order valence-corrected chi connectivity index (χ2v) is 8.98. The molecule has 7 nitrogen and oxygen atoms in total. The van der Waals surface area contributed by atoms with Gasteiger partial charge in [-0.2, -0.15) is 0 Å². The van der Waals surface area contributed by atoms with Gasteiger partial charge in [-0.1, -0.05) is 24.3 Å². The van der Waals surface area contributed by atoms with Gasteiger partial charge >= 0.3 is 5.97 Å². The summed E-state index contributed by atoms with van der Waals surface area (Å²) in [6.07, 6.45) is 0.584. The van der Waals surface area contributed by atoms with Gasteiger partial charge in [0.05, 0.1) is 16.1 Å². The first kappa shape index (κ1) is 20.9. The molecular formula is C21H24N2O5S. The summed E-state index contributed by atoms with van der Waals surface area (Å²) >= 11 is 0. The first-order valence-corrected chi connectivity index (χ1v) is 10.8. The molecule has 0 aliphatic carbocycles. The minimum absolute atomic E-state index is 0.00948. The Morgan fingerprint density at radius 3 is 2.55 bits per heavy atom. The van der Waals surface area contributed by atoms with E-state index in [0.717, 1.165) is 18.4 Å². The van der Waals surface area contributed by atoms with Crippen LogP contribution in [0.4, 0.5) is 5.69 Å². The highest BCUT2D eigenvalue weighted by atomic mass is 32.2. The van der Waals surface area contributed by atoms with Crippen LogP contribution in [0.2, 0.25) is 0 Å². The number of aryl methyl sites for hydroxylation is 1. The molecule has 29 heavy (non-hydrogen) atoms. The third kappa shape index (κ3) is 4.27. The van der Waals surface area contributed by atoms with Crippen molar-refractivity contribution in [3.05, 3.63) is 59.7 Å². The highest BCUT2D eigenvalue weighted by Gasteiger charge is 2.30. The topological polar surface area (TPSA) is 84.0 Å². The zero-order chi connectivity index (χ0) is 21.2. The molecule has 1 amide bonds. The molecule has 0 spiro atoms. The van der Waals surface area contributed by atoms with Crippen LogP contribution in [0.15, 0.2) is 53.4 Å². The Balaban J connectivity index is 1.88. The van der Waals surface area contributed by atoms with Gasteiger partial charge in [-0.15, -0.1) is 0 Å². The Kier molecular flexibility index (Phi) is 5.93. The van der Waals surface area contributed by atoms with Crippen molar-refractivity contribution in [2.45, 2.75) is 30.8 Å². The van der Waals surface area contributed by atoms with E-state index in [0.29, 0.717) is 12.2 Å². The SMILES string of the molecule is C[C@H](OC(=O)c1cccc(S(=O)(=O)N2CCCc3ccccc32)c1)C(=O)N(C)C. The van der Waals surface area contributed by atoms with Gasteiger partial charge in [0.25, 0.3) is 15.9 Å². The molecule has 0 saturated carbocycles. The molecule has 0 radical (unpaired) electrons. The molecule has 8 heteroatoms. The summed E-state index contributed by atoms with van der Waals surface area (Å²) in [5, 5.41) is 0. The molecule has 1 heterocycles. The molecule has 3 rings (SSSR count). The van der Waals surface area contributed by atoms with Crippen LogP contribution in [0, 0.1) is 0 Å². The Labute approximate surface area is 170 Å². The second-order valence-electron chi connectivity index (χ2n) is 7.12. The number of anilines is 1. The third-order valence-electron chi connectivity index (χ3n) is 4.80. The quantitative estimate of drug-likeness (QED) is 0.699. The van der Waals surface area contributed by atoms with Crippen LogP contribution in [0.3, 0.4) is 0 Å². The third-order valence-corrected chi connectivity index (χ3v) is 6.61. The number of fused-ring (bicyclic) bond motifs is 1. The van der Waals surface area contributed by atoms with Gasteiger partial charge in [-0.25, -0.2) is 13.2 Å². The number of esters is 1. The van der Waals surface area contributed by atoms with Crippen molar-refractivity contribution in [3.8, 4) is 0 Å². The molecule has 1 aliphatic heterocycles. The van der Waals surface area contributed by atoms with E-state index in [2.05, 4.69) is 0 Å². The number of amides is 1. The molecule has 0 unspecified atom stereocenters. The van der Waals surface area contributed by atoms with Gasteiger partial charge in [0.1, 0.15) is 0 Å². The lowest BCUT2D eigenvalue weighted by atomic mass is 10.0. The van der Waals surface area contributed by atoms with Crippen molar-refractivity contribution < 1.29 is 22.7 Å². The minimum Gasteiger partial charge on any atom is -0.449 e. The summed E-state index contributed by atoms with van der Waals surface area (Å²) in [6.45, 7) is 1.86. The van der Waals surface area contributed by atoms with Gasteiger partial charge in [-0.3, -0.25) is 9.10 Å². The van der Waals surface area contributed by atoms with Crippen molar-refractivity contribution >= 4 is 27.6 Å². The van der Waals surface area contributed by atoms with E-state index < -0.39 is 22.1 Å². The number of hydrogen-bond acceptors (Lipinski definition) is 5. The lowest BCUT2D eigenvalue weighted by Crippen LogP contribution is -2.36. The maximum atomic E-state index is 13.3. The van der Waals surface area contributed by atoms with E-state index in [1.807, 2.05) is 18.2 Å². The fraction of sp³-hybridized carbons (Fsp3) is 0.333. The van der Waals surface area contributed by atoms with Crippen LogP contribution in [-0.4, -0.2) is 51.9 Å². The summed E-state index contributed by atoms with van der Waals surface area (Å²) in [7, 11) is -0.708. The fourth-order valence-electron chi connectivity index (χ4n) is 3.30. The highest BCUT2D eigenvalue weighted by Crippen LogP contribution is 2.32. The number of benzene rings is 2. The van der Waals surface area contributed by atoms with Gasteiger partial charge in [0.2, 0.25) is 0 Å². The Morgan fingerprint density at radius 2 is 1.83 bits per heavy atom. The molecule has 0 bridgehead atoms. The number of nitrogens with zero attached hydrogens (tertiary/aromatic N) is 2. The van der Waals surface area contributed by atoms with Gasteiger partial charge in [0, 0.05) is 20.6 Å². The van der Waals surface area contributed by atoms with Gasteiger partial charge < -0.3 is 9.64 Å². The molecule has 154 valence electrons. The maximum absolute atomic E-state index is 13.3. The van der Waals surface area contributed by atoms with Crippen molar-refractivity contribution in [1.82, 2.24) is 4.90 Å². The van der Waals surface area contributed by atoms with E-state index in [1.54, 1.807) is 20.2 Å². The summed E-state index contributed by atoms with van der Waals surface area (Å²) in [4.78, 5) is 25.7. The van der Waals surface area contributed by atoms with Crippen molar-refractivity contribution in [1.29, 1.82) is 0 Å². The molecule has 1 atom stereocenters. The summed E-state index contributed by atoms with van der Waals surface area (Å²) < 4.78 is 33.1. The van der Waals surface area contributed by atoms with Crippen LogP contribution in [0.5, 0.6) is 0 Å². The number of carbonyl (C=O) groups excluding carboxylic acids is 2. The average molecular weight is 416 g/mol. The monoisotopic (exact) mass is 416 g/mol. The first-order valence-electron chi connectivity index (χ1n) is 9.34. The zero-order valence-electron chi connectivity index (χ0n) is 16.7. The van der Waals surface area contributed by atoms with Crippen LogP contribution in [0.1, 0.15) is 29.3 Å². The molecule has 1 aliphatic rings. The van der Waals surface area contributed by atoms with Crippen LogP contribution >= 0.6 is 0 Å². The molecule has 2 aromatic rings. The Morgan fingerprint density at radius 1 is 1.10 bits per heavy atom. The van der Waals surface area contributed by atoms with E-state index >= 15 is 0 Å². The van der Waals surface area contributed by atoms with Crippen LogP contribution < -0.4 is 4.31 Å². The molecule has 0 fully saturated rings. The number of carbonyl (C=O) groups is 2.